The van der Waals surface area contributed by atoms with E-state index < -0.39 is 5.97 Å². The summed E-state index contributed by atoms with van der Waals surface area (Å²) in [5, 5.41) is 8.94. The SMILES string of the molecule is O=C(O)COCc1ccc(Cl)cc1. The molecule has 0 saturated carbocycles. The van der Waals surface area contributed by atoms with Crippen LogP contribution < -0.4 is 0 Å². The molecule has 0 unspecified atom stereocenters. The molecule has 13 heavy (non-hydrogen) atoms. The molecule has 1 aromatic rings. The summed E-state index contributed by atoms with van der Waals surface area (Å²) >= 11 is 5.66. The average molecular weight is 201 g/mol. The van der Waals surface area contributed by atoms with Crippen molar-refractivity contribution in [3.63, 3.8) is 0 Å². The molecule has 0 saturated heterocycles. The zero-order valence-corrected chi connectivity index (χ0v) is 7.62. The van der Waals surface area contributed by atoms with Gasteiger partial charge in [-0.1, -0.05) is 23.7 Å². The van der Waals surface area contributed by atoms with E-state index in [-0.39, 0.29) is 6.61 Å². The molecule has 0 radical (unpaired) electrons. The number of aliphatic carboxylic acids is 1. The fourth-order valence-corrected chi connectivity index (χ4v) is 0.963. The summed E-state index contributed by atoms with van der Waals surface area (Å²) in [6.45, 7) is 0.0199. The molecule has 0 amide bonds. The second-order valence-electron chi connectivity index (χ2n) is 2.51. The Balaban J connectivity index is 2.37. The van der Waals surface area contributed by atoms with Crippen LogP contribution in [0.5, 0.6) is 0 Å². The number of carboxylic acid groups (broad SMARTS) is 1. The molecule has 0 aliphatic rings. The Morgan fingerprint density at radius 1 is 1.38 bits per heavy atom. The van der Waals surface area contributed by atoms with Crippen LogP contribution in [0.15, 0.2) is 24.3 Å². The monoisotopic (exact) mass is 200 g/mol. The van der Waals surface area contributed by atoms with Crippen LogP contribution in [0.4, 0.5) is 0 Å². The highest BCUT2D eigenvalue weighted by Gasteiger charge is 1.97. The van der Waals surface area contributed by atoms with Crippen LogP contribution in [0, 0.1) is 0 Å². The fourth-order valence-electron chi connectivity index (χ4n) is 0.837. The van der Waals surface area contributed by atoms with Gasteiger partial charge >= 0.3 is 5.97 Å². The molecule has 1 N–H and O–H groups in total. The van der Waals surface area contributed by atoms with E-state index in [1.165, 1.54) is 0 Å². The van der Waals surface area contributed by atoms with Gasteiger partial charge in [0.2, 0.25) is 0 Å². The number of carboxylic acids is 1. The van der Waals surface area contributed by atoms with Crippen LogP contribution in [0.25, 0.3) is 0 Å². The molecule has 4 heteroatoms. The Bertz CT molecular complexity index is 281. The van der Waals surface area contributed by atoms with Crippen molar-refractivity contribution in [1.82, 2.24) is 0 Å². The van der Waals surface area contributed by atoms with Crippen LogP contribution >= 0.6 is 11.6 Å². The second-order valence-corrected chi connectivity index (χ2v) is 2.95. The van der Waals surface area contributed by atoms with Crippen molar-refractivity contribution in [2.24, 2.45) is 0 Å². The summed E-state index contributed by atoms with van der Waals surface area (Å²) in [4.78, 5) is 10.1. The lowest BCUT2D eigenvalue weighted by Crippen LogP contribution is -2.06. The van der Waals surface area contributed by atoms with Crippen LogP contribution in [-0.4, -0.2) is 17.7 Å². The number of benzene rings is 1. The number of halogens is 1. The molecule has 1 rings (SSSR count). The summed E-state index contributed by atoms with van der Waals surface area (Å²) in [5.74, 6) is -0.964. The molecule has 70 valence electrons. The van der Waals surface area contributed by atoms with E-state index in [9.17, 15) is 4.79 Å². The first-order valence-electron chi connectivity index (χ1n) is 3.72. The number of carbonyl (C=O) groups is 1. The Morgan fingerprint density at radius 3 is 2.54 bits per heavy atom. The topological polar surface area (TPSA) is 46.5 Å². The van der Waals surface area contributed by atoms with Crippen LogP contribution in [0.3, 0.4) is 0 Å². The normalized spacial score (nSPS) is 9.92. The van der Waals surface area contributed by atoms with Gasteiger partial charge in [-0.25, -0.2) is 4.79 Å². The van der Waals surface area contributed by atoms with E-state index >= 15 is 0 Å². The minimum atomic E-state index is -0.964. The van der Waals surface area contributed by atoms with Crippen molar-refractivity contribution >= 4 is 17.6 Å². The minimum absolute atomic E-state index is 0.275. The molecule has 0 bridgehead atoms. The highest BCUT2D eigenvalue weighted by atomic mass is 35.5. The van der Waals surface area contributed by atoms with Gasteiger partial charge in [0.15, 0.2) is 0 Å². The van der Waals surface area contributed by atoms with Gasteiger partial charge in [0.05, 0.1) is 6.61 Å². The third kappa shape index (κ3) is 3.92. The summed E-state index contributed by atoms with van der Waals surface area (Å²) in [7, 11) is 0. The maximum Gasteiger partial charge on any atom is 0.329 e. The maximum atomic E-state index is 10.1. The first kappa shape index (κ1) is 10.0. The Hall–Kier alpha value is -1.06. The molecular formula is C9H9ClO3. The molecule has 0 fully saturated rings. The van der Waals surface area contributed by atoms with Gasteiger partial charge in [-0.15, -0.1) is 0 Å². The maximum absolute atomic E-state index is 10.1. The van der Waals surface area contributed by atoms with Crippen LogP contribution in [-0.2, 0) is 16.1 Å². The largest absolute Gasteiger partial charge is 0.480 e. The molecule has 0 atom stereocenters. The fraction of sp³-hybridized carbons (Fsp3) is 0.222. The average Bonchev–Trinajstić information content (AvgIpc) is 2.08. The molecule has 1 aromatic carbocycles. The van der Waals surface area contributed by atoms with Crippen LogP contribution in [0.2, 0.25) is 5.02 Å². The van der Waals surface area contributed by atoms with Crippen molar-refractivity contribution < 1.29 is 14.6 Å². The summed E-state index contributed by atoms with van der Waals surface area (Å²) in [5.41, 5.74) is 0.908. The summed E-state index contributed by atoms with van der Waals surface area (Å²) in [6, 6.07) is 7.07. The lowest BCUT2D eigenvalue weighted by molar-refractivity contribution is -0.142. The van der Waals surface area contributed by atoms with Crippen LogP contribution in [0.1, 0.15) is 5.56 Å². The lowest BCUT2D eigenvalue weighted by atomic mass is 10.2. The van der Waals surface area contributed by atoms with Gasteiger partial charge in [0.1, 0.15) is 6.61 Å². The highest BCUT2D eigenvalue weighted by Crippen LogP contribution is 2.09. The van der Waals surface area contributed by atoms with Gasteiger partial charge in [0.25, 0.3) is 0 Å². The van der Waals surface area contributed by atoms with E-state index in [0.717, 1.165) is 5.56 Å². The van der Waals surface area contributed by atoms with Gasteiger partial charge in [-0.3, -0.25) is 0 Å². The molecule has 3 nitrogen and oxygen atoms in total. The third-order valence-electron chi connectivity index (χ3n) is 1.41. The van der Waals surface area contributed by atoms with Crippen molar-refractivity contribution in [3.05, 3.63) is 34.9 Å². The predicted molar refractivity (Wildman–Crippen MR) is 48.7 cm³/mol. The second kappa shape index (κ2) is 4.84. The Kier molecular flexibility index (Phi) is 3.73. The zero-order valence-electron chi connectivity index (χ0n) is 6.87. The van der Waals surface area contributed by atoms with Crippen molar-refractivity contribution in [2.75, 3.05) is 6.61 Å². The van der Waals surface area contributed by atoms with Gasteiger partial charge < -0.3 is 9.84 Å². The molecule has 0 aromatic heterocycles. The van der Waals surface area contributed by atoms with Crippen molar-refractivity contribution in [2.45, 2.75) is 6.61 Å². The lowest BCUT2D eigenvalue weighted by Gasteiger charge is -2.00. The molecule has 0 spiro atoms. The predicted octanol–water partition coefficient (Wildman–Crippen LogP) is 1.94. The van der Waals surface area contributed by atoms with E-state index in [2.05, 4.69) is 0 Å². The standard InChI is InChI=1S/C9H9ClO3/c10-8-3-1-7(2-4-8)5-13-6-9(11)12/h1-4H,5-6H2,(H,11,12). The Morgan fingerprint density at radius 2 is 2.00 bits per heavy atom. The van der Waals surface area contributed by atoms with Gasteiger partial charge in [-0.05, 0) is 17.7 Å². The molecule has 0 aliphatic carbocycles. The van der Waals surface area contributed by atoms with Gasteiger partial charge in [-0.2, -0.15) is 0 Å². The van der Waals surface area contributed by atoms with E-state index in [1.807, 2.05) is 0 Å². The quantitative estimate of drug-likeness (QED) is 0.808. The number of hydrogen-bond donors (Lipinski definition) is 1. The van der Waals surface area contributed by atoms with Gasteiger partial charge in [0, 0.05) is 5.02 Å². The smallest absolute Gasteiger partial charge is 0.329 e. The Labute approximate surface area is 80.9 Å². The number of rotatable bonds is 4. The van der Waals surface area contributed by atoms with Crippen molar-refractivity contribution in [1.29, 1.82) is 0 Å². The van der Waals surface area contributed by atoms with E-state index in [4.69, 9.17) is 21.4 Å². The zero-order chi connectivity index (χ0) is 9.68. The number of hydrogen-bond acceptors (Lipinski definition) is 2. The molecular weight excluding hydrogens is 192 g/mol. The summed E-state index contributed by atoms with van der Waals surface area (Å²) in [6.07, 6.45) is 0. The van der Waals surface area contributed by atoms with E-state index in [1.54, 1.807) is 24.3 Å². The first-order valence-corrected chi connectivity index (χ1v) is 4.10. The third-order valence-corrected chi connectivity index (χ3v) is 1.66. The van der Waals surface area contributed by atoms with Crippen molar-refractivity contribution in [3.8, 4) is 0 Å². The minimum Gasteiger partial charge on any atom is -0.480 e. The first-order chi connectivity index (χ1) is 6.18. The van der Waals surface area contributed by atoms with E-state index in [0.29, 0.717) is 11.6 Å². The molecule has 0 aliphatic heterocycles. The summed E-state index contributed by atoms with van der Waals surface area (Å²) < 4.78 is 4.88. The highest BCUT2D eigenvalue weighted by molar-refractivity contribution is 6.30. The number of ether oxygens (including phenoxy) is 1. The molecule has 0 heterocycles.